The maximum absolute atomic E-state index is 10.5. The van der Waals surface area contributed by atoms with Crippen LogP contribution in [-0.4, -0.2) is 17.2 Å². The first kappa shape index (κ1) is 9.79. The van der Waals surface area contributed by atoms with Gasteiger partial charge in [0.05, 0.1) is 10.2 Å². The molecule has 1 aromatic heterocycles. The molecule has 0 aliphatic rings. The molecule has 0 N–H and O–H groups in total. The molecule has 0 radical (unpaired) electrons. The molecule has 1 aromatic carbocycles. The number of thiazole rings is 1. The Bertz CT molecular complexity index is 486. The van der Waals surface area contributed by atoms with E-state index in [0.717, 1.165) is 15.2 Å². The number of aromatic nitrogens is 1. The Labute approximate surface area is 90.2 Å². The van der Waals surface area contributed by atoms with Crippen LogP contribution in [-0.2, 0) is 9.63 Å². The molecule has 1 heterocycles. The summed E-state index contributed by atoms with van der Waals surface area (Å²) < 4.78 is 1.08. The van der Waals surface area contributed by atoms with E-state index in [2.05, 4.69) is 15.0 Å². The first-order chi connectivity index (χ1) is 7.25. The molecule has 2 rings (SSSR count). The van der Waals surface area contributed by atoms with Gasteiger partial charge in [-0.15, -0.1) is 11.3 Å². The highest BCUT2D eigenvalue weighted by Crippen LogP contribution is 2.19. The normalized spacial score (nSPS) is 11.0. The van der Waals surface area contributed by atoms with Crippen molar-refractivity contribution in [2.45, 2.75) is 6.92 Å². The summed E-state index contributed by atoms with van der Waals surface area (Å²) in [5.74, 6) is -0.438. The molecule has 0 saturated heterocycles. The van der Waals surface area contributed by atoms with Crippen molar-refractivity contribution in [2.75, 3.05) is 0 Å². The van der Waals surface area contributed by atoms with E-state index in [1.807, 2.05) is 24.3 Å². The van der Waals surface area contributed by atoms with Gasteiger partial charge >= 0.3 is 5.97 Å². The number of fused-ring (bicyclic) bond motifs is 1. The standard InChI is InChI=1S/C10H8N2O2S/c1-7(13)14-11-6-10-12-8-4-2-3-5-9(8)15-10/h2-6H,1H3. The maximum atomic E-state index is 10.5. The average molecular weight is 220 g/mol. The molecular weight excluding hydrogens is 212 g/mol. The van der Waals surface area contributed by atoms with Gasteiger partial charge in [0.1, 0.15) is 11.2 Å². The number of hydrogen-bond donors (Lipinski definition) is 0. The minimum atomic E-state index is -0.438. The summed E-state index contributed by atoms with van der Waals surface area (Å²) in [7, 11) is 0. The van der Waals surface area contributed by atoms with Crippen molar-refractivity contribution in [2.24, 2.45) is 5.16 Å². The number of carbonyl (C=O) groups is 1. The van der Waals surface area contributed by atoms with E-state index in [-0.39, 0.29) is 0 Å². The quantitative estimate of drug-likeness (QED) is 0.443. The van der Waals surface area contributed by atoms with Gasteiger partial charge in [-0.25, -0.2) is 9.78 Å². The number of hydrogen-bond acceptors (Lipinski definition) is 5. The van der Waals surface area contributed by atoms with Gasteiger partial charge < -0.3 is 4.84 Å². The van der Waals surface area contributed by atoms with E-state index < -0.39 is 5.97 Å². The van der Waals surface area contributed by atoms with Crippen LogP contribution in [0.1, 0.15) is 11.9 Å². The van der Waals surface area contributed by atoms with Crippen molar-refractivity contribution in [1.29, 1.82) is 0 Å². The lowest BCUT2D eigenvalue weighted by molar-refractivity contribution is -0.140. The molecule has 0 amide bonds. The number of carbonyl (C=O) groups excluding carboxylic acids is 1. The molecule has 0 bridgehead atoms. The van der Waals surface area contributed by atoms with Crippen LogP contribution in [0.3, 0.4) is 0 Å². The van der Waals surface area contributed by atoms with Gasteiger partial charge in [0, 0.05) is 6.92 Å². The highest BCUT2D eigenvalue weighted by atomic mass is 32.1. The van der Waals surface area contributed by atoms with Gasteiger partial charge in [-0.2, -0.15) is 0 Å². The fraction of sp³-hybridized carbons (Fsp3) is 0.100. The van der Waals surface area contributed by atoms with Crippen LogP contribution >= 0.6 is 11.3 Å². The minimum Gasteiger partial charge on any atom is -0.319 e. The average Bonchev–Trinajstić information content (AvgIpc) is 2.59. The largest absolute Gasteiger partial charge is 0.331 e. The van der Waals surface area contributed by atoms with Gasteiger partial charge in [0.15, 0.2) is 0 Å². The van der Waals surface area contributed by atoms with Crippen molar-refractivity contribution < 1.29 is 9.63 Å². The number of rotatable bonds is 2. The summed E-state index contributed by atoms with van der Waals surface area (Å²) in [6, 6.07) is 7.79. The van der Waals surface area contributed by atoms with Gasteiger partial charge in [0.25, 0.3) is 0 Å². The van der Waals surface area contributed by atoms with Crippen LogP contribution in [0.25, 0.3) is 10.2 Å². The van der Waals surface area contributed by atoms with Gasteiger partial charge in [-0.3, -0.25) is 0 Å². The molecule has 5 heteroatoms. The molecule has 15 heavy (non-hydrogen) atoms. The summed E-state index contributed by atoms with van der Waals surface area (Å²) in [5, 5.41) is 4.23. The molecule has 0 aliphatic carbocycles. The summed E-state index contributed by atoms with van der Waals surface area (Å²) in [4.78, 5) is 19.2. The van der Waals surface area contributed by atoms with Gasteiger partial charge in [-0.1, -0.05) is 17.3 Å². The highest BCUT2D eigenvalue weighted by molar-refractivity contribution is 7.20. The van der Waals surface area contributed by atoms with E-state index in [0.29, 0.717) is 0 Å². The fourth-order valence-electron chi connectivity index (χ4n) is 1.09. The number of para-hydroxylation sites is 1. The number of benzene rings is 1. The van der Waals surface area contributed by atoms with Crippen LogP contribution in [0.5, 0.6) is 0 Å². The van der Waals surface area contributed by atoms with Gasteiger partial charge in [-0.05, 0) is 12.1 Å². The minimum absolute atomic E-state index is 0.438. The molecule has 2 aromatic rings. The van der Waals surface area contributed by atoms with E-state index in [4.69, 9.17) is 0 Å². The SMILES string of the molecule is CC(=O)ON=Cc1nc2ccccc2s1. The summed E-state index contributed by atoms with van der Waals surface area (Å²) >= 11 is 1.50. The third kappa shape index (κ3) is 2.38. The smallest absolute Gasteiger partial charge is 0.319 e. The molecule has 0 unspecified atom stereocenters. The predicted molar refractivity (Wildman–Crippen MR) is 59.0 cm³/mol. The summed E-state index contributed by atoms with van der Waals surface area (Å²) in [6.45, 7) is 1.30. The summed E-state index contributed by atoms with van der Waals surface area (Å²) in [5.41, 5.74) is 0.923. The van der Waals surface area contributed by atoms with Crippen molar-refractivity contribution in [3.05, 3.63) is 29.3 Å². The molecule has 0 aliphatic heterocycles. The second-order valence-electron chi connectivity index (χ2n) is 2.84. The third-order valence-electron chi connectivity index (χ3n) is 1.65. The Morgan fingerprint density at radius 3 is 3.07 bits per heavy atom. The lowest BCUT2D eigenvalue weighted by atomic mass is 10.3. The molecule has 0 saturated carbocycles. The Morgan fingerprint density at radius 1 is 1.53 bits per heavy atom. The van der Waals surface area contributed by atoms with E-state index in [1.165, 1.54) is 24.5 Å². The molecule has 0 fully saturated rings. The van der Waals surface area contributed by atoms with E-state index in [9.17, 15) is 4.79 Å². The zero-order chi connectivity index (χ0) is 10.7. The monoisotopic (exact) mass is 220 g/mol. The van der Waals surface area contributed by atoms with Gasteiger partial charge in [0.2, 0.25) is 0 Å². The number of oxime groups is 1. The first-order valence-electron chi connectivity index (χ1n) is 4.32. The second kappa shape index (κ2) is 4.18. The lowest BCUT2D eigenvalue weighted by Crippen LogP contribution is -1.91. The topological polar surface area (TPSA) is 51.5 Å². The number of nitrogens with zero attached hydrogens (tertiary/aromatic N) is 2. The maximum Gasteiger partial charge on any atom is 0.331 e. The van der Waals surface area contributed by atoms with E-state index >= 15 is 0 Å². The zero-order valence-electron chi connectivity index (χ0n) is 8.01. The third-order valence-corrected chi connectivity index (χ3v) is 2.63. The Kier molecular flexibility index (Phi) is 2.73. The van der Waals surface area contributed by atoms with Crippen LogP contribution < -0.4 is 0 Å². The van der Waals surface area contributed by atoms with Crippen molar-refractivity contribution in [1.82, 2.24) is 4.98 Å². The second-order valence-corrected chi connectivity index (χ2v) is 3.90. The Balaban J connectivity index is 2.22. The lowest BCUT2D eigenvalue weighted by Gasteiger charge is -1.85. The first-order valence-corrected chi connectivity index (χ1v) is 5.14. The van der Waals surface area contributed by atoms with E-state index in [1.54, 1.807) is 0 Å². The Hall–Kier alpha value is -1.75. The molecule has 76 valence electrons. The zero-order valence-corrected chi connectivity index (χ0v) is 8.82. The molecular formula is C10H8N2O2S. The van der Waals surface area contributed by atoms with Crippen LogP contribution in [0.2, 0.25) is 0 Å². The van der Waals surface area contributed by atoms with Crippen LogP contribution in [0.15, 0.2) is 29.4 Å². The molecule has 4 nitrogen and oxygen atoms in total. The van der Waals surface area contributed by atoms with Crippen LogP contribution in [0.4, 0.5) is 0 Å². The fourth-order valence-corrected chi connectivity index (χ4v) is 1.92. The van der Waals surface area contributed by atoms with Crippen LogP contribution in [0, 0.1) is 0 Å². The van der Waals surface area contributed by atoms with Crippen molar-refractivity contribution >= 4 is 33.7 Å². The molecule has 0 spiro atoms. The Morgan fingerprint density at radius 2 is 2.33 bits per heavy atom. The predicted octanol–water partition coefficient (Wildman–Crippen LogP) is 2.19. The molecule has 0 atom stereocenters. The highest BCUT2D eigenvalue weighted by Gasteiger charge is 2.00. The van der Waals surface area contributed by atoms with Crippen molar-refractivity contribution in [3.8, 4) is 0 Å². The van der Waals surface area contributed by atoms with Crippen molar-refractivity contribution in [3.63, 3.8) is 0 Å². The summed E-state index contributed by atoms with van der Waals surface area (Å²) in [6.07, 6.45) is 1.44.